The van der Waals surface area contributed by atoms with Crippen molar-refractivity contribution in [2.75, 3.05) is 32.0 Å². The van der Waals surface area contributed by atoms with Gasteiger partial charge in [-0.15, -0.1) is 11.8 Å². The largest absolute Gasteiger partial charge is 0.491 e. The van der Waals surface area contributed by atoms with Crippen molar-refractivity contribution in [1.29, 1.82) is 0 Å². The first-order chi connectivity index (χ1) is 12.0. The fraction of sp³-hybridized carbons (Fsp3) is 0.588. The van der Waals surface area contributed by atoms with Crippen LogP contribution in [-0.4, -0.2) is 54.0 Å². The molecular weight excluding hydrogens is 428 g/mol. The molecule has 0 spiro atoms. The Balaban J connectivity index is 1.68. The summed E-state index contributed by atoms with van der Waals surface area (Å²) in [5.41, 5.74) is 0.895. The highest BCUT2D eigenvalue weighted by molar-refractivity contribution is 9.10. The minimum Gasteiger partial charge on any atom is -0.491 e. The zero-order chi connectivity index (χ0) is 17.8. The van der Waals surface area contributed by atoms with Crippen molar-refractivity contribution in [2.45, 2.75) is 30.7 Å². The van der Waals surface area contributed by atoms with Crippen molar-refractivity contribution < 1.29 is 14.6 Å². The molecule has 2 fully saturated rings. The number of hydrogen-bond donors (Lipinski definition) is 2. The molecule has 1 aromatic carbocycles. The molecule has 8 heteroatoms. The van der Waals surface area contributed by atoms with Gasteiger partial charge < -0.3 is 9.84 Å². The summed E-state index contributed by atoms with van der Waals surface area (Å²) in [7, 11) is 0. The number of piperidine rings is 1. The fourth-order valence-electron chi connectivity index (χ4n) is 3.18. The second-order valence-corrected chi connectivity index (χ2v) is 8.76. The number of likely N-dealkylation sites (tertiary alicyclic amines) is 1. The van der Waals surface area contributed by atoms with Crippen LogP contribution in [0.1, 0.15) is 30.2 Å². The van der Waals surface area contributed by atoms with E-state index in [-0.39, 0.29) is 5.37 Å². The van der Waals surface area contributed by atoms with E-state index < -0.39 is 12.0 Å². The van der Waals surface area contributed by atoms with E-state index in [4.69, 9.17) is 16.3 Å². The molecule has 25 heavy (non-hydrogen) atoms. The molecule has 0 radical (unpaired) electrons. The van der Waals surface area contributed by atoms with Crippen LogP contribution in [0.2, 0.25) is 5.02 Å². The molecule has 2 aliphatic rings. The zero-order valence-corrected chi connectivity index (χ0v) is 17.0. The van der Waals surface area contributed by atoms with Crippen molar-refractivity contribution in [3.63, 3.8) is 0 Å². The second-order valence-electron chi connectivity index (χ2n) is 6.33. The predicted octanol–water partition coefficient (Wildman–Crippen LogP) is 3.76. The molecule has 3 rings (SSSR count). The summed E-state index contributed by atoms with van der Waals surface area (Å²) >= 11 is 11.3. The highest BCUT2D eigenvalue weighted by Gasteiger charge is 2.32. The lowest BCUT2D eigenvalue weighted by Gasteiger charge is -2.26. The molecule has 0 aromatic heterocycles. The van der Waals surface area contributed by atoms with Gasteiger partial charge in [0, 0.05) is 22.9 Å². The molecule has 2 aliphatic heterocycles. The van der Waals surface area contributed by atoms with E-state index in [0.29, 0.717) is 17.4 Å². The first-order valence-corrected chi connectivity index (χ1v) is 10.7. The van der Waals surface area contributed by atoms with Crippen LogP contribution in [0.25, 0.3) is 0 Å². The van der Waals surface area contributed by atoms with Gasteiger partial charge in [-0.1, -0.05) is 18.0 Å². The van der Waals surface area contributed by atoms with Gasteiger partial charge in [-0.25, -0.2) is 0 Å². The zero-order valence-electron chi connectivity index (χ0n) is 13.8. The topological polar surface area (TPSA) is 61.8 Å². The highest BCUT2D eigenvalue weighted by Crippen LogP contribution is 2.42. The second kappa shape index (κ2) is 8.95. The molecule has 2 saturated heterocycles. The maximum atomic E-state index is 11.2. The van der Waals surface area contributed by atoms with E-state index in [1.54, 1.807) is 11.8 Å². The fourth-order valence-corrected chi connectivity index (χ4v) is 5.37. The number of rotatable bonds is 6. The van der Waals surface area contributed by atoms with Crippen molar-refractivity contribution >= 4 is 45.3 Å². The van der Waals surface area contributed by atoms with Gasteiger partial charge in [-0.3, -0.25) is 15.0 Å². The lowest BCUT2D eigenvalue weighted by molar-refractivity contribution is -0.138. The van der Waals surface area contributed by atoms with Crippen molar-refractivity contribution in [3.05, 3.63) is 27.2 Å². The van der Waals surface area contributed by atoms with Crippen LogP contribution in [0.5, 0.6) is 5.75 Å². The monoisotopic (exact) mass is 448 g/mol. The third kappa shape index (κ3) is 5.04. The van der Waals surface area contributed by atoms with Gasteiger partial charge in [0.05, 0.1) is 9.85 Å². The number of thioether (sulfide) groups is 1. The maximum absolute atomic E-state index is 11.2. The molecule has 0 saturated carbocycles. The van der Waals surface area contributed by atoms with Crippen LogP contribution in [0.4, 0.5) is 0 Å². The molecule has 2 unspecified atom stereocenters. The molecule has 2 atom stereocenters. The van der Waals surface area contributed by atoms with E-state index in [2.05, 4.69) is 26.1 Å². The summed E-state index contributed by atoms with van der Waals surface area (Å²) in [6.45, 7) is 3.78. The Morgan fingerprint density at radius 2 is 2.16 bits per heavy atom. The number of carbonyl (C=O) groups is 1. The number of carboxylic acids is 1. The summed E-state index contributed by atoms with van der Waals surface area (Å²) in [6.07, 6.45) is 3.84. The van der Waals surface area contributed by atoms with Gasteiger partial charge in [0.1, 0.15) is 18.4 Å². The van der Waals surface area contributed by atoms with E-state index in [1.807, 2.05) is 12.1 Å². The summed E-state index contributed by atoms with van der Waals surface area (Å²) in [6, 6.07) is 3.13. The van der Waals surface area contributed by atoms with Crippen molar-refractivity contribution in [3.8, 4) is 5.75 Å². The lowest BCUT2D eigenvalue weighted by Crippen LogP contribution is -2.34. The Morgan fingerprint density at radius 3 is 2.84 bits per heavy atom. The number of benzene rings is 1. The summed E-state index contributed by atoms with van der Waals surface area (Å²) in [5.74, 6) is 0.443. The third-order valence-corrected chi connectivity index (χ3v) is 6.56. The Bertz CT molecular complexity index is 628. The number of hydrogen-bond acceptors (Lipinski definition) is 5. The highest BCUT2D eigenvalue weighted by atomic mass is 79.9. The third-order valence-electron chi connectivity index (χ3n) is 4.50. The van der Waals surface area contributed by atoms with Gasteiger partial charge in [0.25, 0.3) is 0 Å². The smallest absolute Gasteiger partial charge is 0.321 e. The first-order valence-electron chi connectivity index (χ1n) is 8.49. The van der Waals surface area contributed by atoms with Crippen LogP contribution >= 0.6 is 39.3 Å². The summed E-state index contributed by atoms with van der Waals surface area (Å²) < 4.78 is 6.89. The normalized spacial score (nSPS) is 24.4. The molecule has 0 amide bonds. The van der Waals surface area contributed by atoms with Gasteiger partial charge in [-0.2, -0.15) is 0 Å². The van der Waals surface area contributed by atoms with Gasteiger partial charge in [-0.05, 0) is 54.0 Å². The SMILES string of the molecule is O=C(O)C1CSC(c2cc(Cl)cc(Br)c2OCCN2CCCCC2)N1. The molecular formula is C17H22BrClN2O3S. The van der Waals surface area contributed by atoms with E-state index in [9.17, 15) is 9.90 Å². The molecule has 2 heterocycles. The summed E-state index contributed by atoms with van der Waals surface area (Å²) in [5, 5.41) is 12.8. The standard InChI is InChI=1S/C17H22BrClN2O3S/c18-13-9-11(19)8-12(16-20-14(10-25-16)17(22)23)15(13)24-7-6-21-4-2-1-3-5-21/h8-9,14,16,20H,1-7,10H2,(H,22,23). The number of aliphatic carboxylic acids is 1. The predicted molar refractivity (Wildman–Crippen MR) is 105 cm³/mol. The van der Waals surface area contributed by atoms with Gasteiger partial charge in [0.15, 0.2) is 0 Å². The Kier molecular flexibility index (Phi) is 6.91. The molecule has 5 nitrogen and oxygen atoms in total. The van der Waals surface area contributed by atoms with Crippen LogP contribution in [0.3, 0.4) is 0 Å². The van der Waals surface area contributed by atoms with E-state index in [0.717, 1.165) is 35.4 Å². The minimum absolute atomic E-state index is 0.138. The Labute approximate surface area is 165 Å². The van der Waals surface area contributed by atoms with Crippen molar-refractivity contribution in [2.24, 2.45) is 0 Å². The van der Waals surface area contributed by atoms with Crippen LogP contribution in [0, 0.1) is 0 Å². The average molecular weight is 450 g/mol. The minimum atomic E-state index is -0.830. The quantitative estimate of drug-likeness (QED) is 0.689. The Morgan fingerprint density at radius 1 is 1.40 bits per heavy atom. The van der Waals surface area contributed by atoms with Crippen LogP contribution in [0.15, 0.2) is 16.6 Å². The van der Waals surface area contributed by atoms with Gasteiger partial charge in [0.2, 0.25) is 0 Å². The molecule has 0 aliphatic carbocycles. The van der Waals surface area contributed by atoms with E-state index >= 15 is 0 Å². The van der Waals surface area contributed by atoms with Crippen LogP contribution in [-0.2, 0) is 4.79 Å². The summed E-state index contributed by atoms with van der Waals surface area (Å²) in [4.78, 5) is 13.6. The number of ether oxygens (including phenoxy) is 1. The number of nitrogens with zero attached hydrogens (tertiary/aromatic N) is 1. The van der Waals surface area contributed by atoms with Crippen molar-refractivity contribution in [1.82, 2.24) is 10.2 Å². The van der Waals surface area contributed by atoms with Gasteiger partial charge >= 0.3 is 5.97 Å². The maximum Gasteiger partial charge on any atom is 0.321 e. The number of halogens is 2. The molecule has 0 bridgehead atoms. The lowest BCUT2D eigenvalue weighted by atomic mass is 10.1. The number of carboxylic acid groups (broad SMARTS) is 1. The molecule has 1 aromatic rings. The molecule has 2 N–H and O–H groups in total. The molecule has 138 valence electrons. The van der Waals surface area contributed by atoms with E-state index in [1.165, 1.54) is 19.3 Å². The first kappa shape index (κ1) is 19.3. The van der Waals surface area contributed by atoms with Crippen LogP contribution < -0.4 is 10.1 Å². The number of nitrogens with one attached hydrogen (secondary N) is 1. The Hall–Kier alpha value is -0.470. The average Bonchev–Trinajstić information content (AvgIpc) is 3.07.